The molecule has 0 aromatic heterocycles. The molecule has 0 radical (unpaired) electrons. The van der Waals surface area contributed by atoms with E-state index in [0.717, 1.165) is 12.0 Å². The number of nitrogens with one attached hydrogen (secondary N) is 2. The van der Waals surface area contributed by atoms with E-state index in [1.54, 1.807) is 38.4 Å². The molecule has 35 heavy (non-hydrogen) atoms. The number of sulfonamides is 1. The van der Waals surface area contributed by atoms with Crippen LogP contribution in [-0.2, 0) is 30.8 Å². The fraction of sp³-hybridized carbons (Fsp3) is 0.375. The lowest BCUT2D eigenvalue weighted by Gasteiger charge is -2.19. The molecule has 1 amide bonds. The van der Waals surface area contributed by atoms with Crippen molar-refractivity contribution in [1.29, 1.82) is 0 Å². The Morgan fingerprint density at radius 1 is 1.09 bits per heavy atom. The highest BCUT2D eigenvalue weighted by molar-refractivity contribution is 7.89. The van der Waals surface area contributed by atoms with Crippen molar-refractivity contribution in [2.75, 3.05) is 20.6 Å². The van der Waals surface area contributed by atoms with E-state index < -0.39 is 40.1 Å². The van der Waals surface area contributed by atoms with Crippen LogP contribution in [0.4, 0.5) is 4.79 Å². The minimum atomic E-state index is -4.08. The molecule has 2 aromatic carbocycles. The van der Waals surface area contributed by atoms with Crippen LogP contribution in [0.1, 0.15) is 24.0 Å². The molecule has 1 aliphatic rings. The van der Waals surface area contributed by atoms with Gasteiger partial charge in [-0.25, -0.2) is 22.8 Å². The summed E-state index contributed by atoms with van der Waals surface area (Å²) >= 11 is 0. The van der Waals surface area contributed by atoms with Crippen molar-refractivity contribution >= 4 is 28.1 Å². The minimum Gasteiger partial charge on any atom is -0.410 e. The summed E-state index contributed by atoms with van der Waals surface area (Å²) in [6.07, 6.45) is 0.683. The van der Waals surface area contributed by atoms with Crippen LogP contribution in [0.2, 0.25) is 0 Å². The normalized spacial score (nSPS) is 16.4. The first-order valence-electron chi connectivity index (χ1n) is 11.1. The van der Waals surface area contributed by atoms with Crippen LogP contribution in [0.25, 0.3) is 0 Å². The molecule has 1 aliphatic heterocycles. The van der Waals surface area contributed by atoms with Gasteiger partial charge in [0.15, 0.2) is 0 Å². The van der Waals surface area contributed by atoms with E-state index in [4.69, 9.17) is 9.47 Å². The van der Waals surface area contributed by atoms with Gasteiger partial charge >= 0.3 is 18.0 Å². The van der Waals surface area contributed by atoms with Gasteiger partial charge in [0.2, 0.25) is 10.0 Å². The topological polar surface area (TPSA) is 131 Å². The predicted molar refractivity (Wildman–Crippen MR) is 127 cm³/mol. The Bertz CT molecular complexity index is 1160. The van der Waals surface area contributed by atoms with Gasteiger partial charge in [0.25, 0.3) is 0 Å². The Labute approximate surface area is 204 Å². The first kappa shape index (κ1) is 26.3. The number of carbonyl (C=O) groups is 3. The number of amides is 1. The van der Waals surface area contributed by atoms with Gasteiger partial charge in [-0.2, -0.15) is 4.72 Å². The molecule has 0 unspecified atom stereocenters. The van der Waals surface area contributed by atoms with Crippen LogP contribution in [0.3, 0.4) is 0 Å². The Morgan fingerprint density at radius 3 is 2.31 bits per heavy atom. The van der Waals surface area contributed by atoms with E-state index in [9.17, 15) is 22.8 Å². The van der Waals surface area contributed by atoms with Crippen molar-refractivity contribution in [3.05, 3.63) is 59.7 Å². The number of carbonyl (C=O) groups excluding carboxylic acids is 3. The fourth-order valence-corrected chi connectivity index (χ4v) is 4.58. The predicted octanol–water partition coefficient (Wildman–Crippen LogP) is 1.77. The summed E-state index contributed by atoms with van der Waals surface area (Å²) in [7, 11) is -0.980. The highest BCUT2D eigenvalue weighted by atomic mass is 32.2. The number of hydrogen-bond donors (Lipinski definition) is 2. The van der Waals surface area contributed by atoms with Crippen LogP contribution < -0.4 is 14.8 Å². The fourth-order valence-electron chi connectivity index (χ4n) is 3.39. The lowest BCUT2D eigenvalue weighted by Crippen LogP contribution is -2.45. The molecule has 10 nitrogen and oxygen atoms in total. The zero-order valence-corrected chi connectivity index (χ0v) is 20.6. The van der Waals surface area contributed by atoms with Crippen molar-refractivity contribution in [2.24, 2.45) is 0 Å². The molecule has 188 valence electrons. The number of benzene rings is 2. The summed E-state index contributed by atoms with van der Waals surface area (Å²) in [5, 5.41) is 2.95. The van der Waals surface area contributed by atoms with Gasteiger partial charge in [-0.1, -0.05) is 29.8 Å². The smallest absolute Gasteiger partial charge is 0.410 e. The maximum Gasteiger partial charge on any atom is 0.414 e. The second-order valence-corrected chi connectivity index (χ2v) is 10.2. The average molecular weight is 504 g/mol. The zero-order valence-electron chi connectivity index (χ0n) is 19.8. The highest BCUT2D eigenvalue weighted by Crippen LogP contribution is 2.17. The van der Waals surface area contributed by atoms with E-state index >= 15 is 0 Å². The molecule has 2 atom stereocenters. The SMILES string of the molecule is Cc1ccc(S(=O)(=O)N[C@@H](Cc2ccc(OC(=O)N(C)C)cc2)C(=O)OC(=O)[C@@H]2CCCN2)cc1. The minimum absolute atomic E-state index is 0.0179. The second-order valence-electron chi connectivity index (χ2n) is 8.49. The maximum absolute atomic E-state index is 13.0. The van der Waals surface area contributed by atoms with Crippen molar-refractivity contribution in [2.45, 2.75) is 43.2 Å². The number of rotatable bonds is 8. The van der Waals surface area contributed by atoms with Crippen LogP contribution in [-0.4, -0.2) is 64.1 Å². The van der Waals surface area contributed by atoms with Gasteiger partial charge in [0.05, 0.1) is 4.90 Å². The van der Waals surface area contributed by atoms with Crippen LogP contribution >= 0.6 is 0 Å². The summed E-state index contributed by atoms with van der Waals surface area (Å²) in [6, 6.07) is 10.4. The van der Waals surface area contributed by atoms with E-state index in [1.807, 2.05) is 6.92 Å². The molecule has 3 rings (SSSR count). The third-order valence-electron chi connectivity index (χ3n) is 5.39. The molecule has 0 bridgehead atoms. The van der Waals surface area contributed by atoms with Crippen molar-refractivity contribution in [3.8, 4) is 5.75 Å². The van der Waals surface area contributed by atoms with E-state index in [-0.39, 0.29) is 17.1 Å². The standard InChI is InChI=1S/C24H29N3O7S/c1-16-6-12-19(13-7-16)35(31,32)26-21(23(29)34-22(28)20-5-4-14-25-20)15-17-8-10-18(11-9-17)33-24(30)27(2)3/h6-13,20-21,25-26H,4-5,14-15H2,1-3H3/t20-,21-/m0/s1. The van der Waals surface area contributed by atoms with Crippen LogP contribution in [0.15, 0.2) is 53.4 Å². The Balaban J connectivity index is 1.78. The Kier molecular flexibility index (Phi) is 8.60. The summed E-state index contributed by atoms with van der Waals surface area (Å²) in [5.41, 5.74) is 1.44. The quantitative estimate of drug-likeness (QED) is 0.412. The first-order chi connectivity index (χ1) is 16.5. The van der Waals surface area contributed by atoms with Crippen molar-refractivity contribution < 1.29 is 32.3 Å². The molecule has 1 saturated heterocycles. The van der Waals surface area contributed by atoms with Gasteiger partial charge < -0.3 is 19.7 Å². The third kappa shape index (κ3) is 7.35. The zero-order chi connectivity index (χ0) is 25.6. The molecule has 0 aliphatic carbocycles. The molecular weight excluding hydrogens is 474 g/mol. The number of nitrogens with zero attached hydrogens (tertiary/aromatic N) is 1. The van der Waals surface area contributed by atoms with E-state index in [2.05, 4.69) is 10.0 Å². The van der Waals surface area contributed by atoms with Gasteiger partial charge in [0.1, 0.15) is 17.8 Å². The molecule has 11 heteroatoms. The Morgan fingerprint density at radius 2 is 1.74 bits per heavy atom. The molecule has 0 spiro atoms. The largest absolute Gasteiger partial charge is 0.414 e. The van der Waals surface area contributed by atoms with Crippen LogP contribution in [0, 0.1) is 6.92 Å². The first-order valence-corrected chi connectivity index (χ1v) is 12.6. The summed E-state index contributed by atoms with van der Waals surface area (Å²) in [6.45, 7) is 2.47. The highest BCUT2D eigenvalue weighted by Gasteiger charge is 2.32. The number of hydrogen-bond acceptors (Lipinski definition) is 8. The number of aryl methyl sites for hydroxylation is 1. The summed E-state index contributed by atoms with van der Waals surface area (Å²) in [5.74, 6) is -1.45. The van der Waals surface area contributed by atoms with Gasteiger partial charge in [-0.15, -0.1) is 0 Å². The second kappa shape index (κ2) is 11.4. The third-order valence-corrected chi connectivity index (χ3v) is 6.88. The molecule has 2 N–H and O–H groups in total. The molecule has 0 saturated carbocycles. The average Bonchev–Trinajstić information content (AvgIpc) is 3.35. The molecule has 1 fully saturated rings. The van der Waals surface area contributed by atoms with Crippen molar-refractivity contribution in [1.82, 2.24) is 14.9 Å². The molecule has 1 heterocycles. The summed E-state index contributed by atoms with van der Waals surface area (Å²) in [4.78, 5) is 38.2. The lowest BCUT2D eigenvalue weighted by molar-refractivity contribution is -0.162. The van der Waals surface area contributed by atoms with Gasteiger partial charge in [0, 0.05) is 14.1 Å². The van der Waals surface area contributed by atoms with Crippen molar-refractivity contribution in [3.63, 3.8) is 0 Å². The molecule has 2 aromatic rings. The Hall–Kier alpha value is -3.28. The summed E-state index contributed by atoms with van der Waals surface area (Å²) < 4.78 is 38.5. The van der Waals surface area contributed by atoms with Gasteiger partial charge in [-0.05, 0) is 62.6 Å². The maximum atomic E-state index is 13.0. The van der Waals surface area contributed by atoms with E-state index in [1.165, 1.54) is 29.2 Å². The molecular formula is C24H29N3O7S. The monoisotopic (exact) mass is 503 g/mol. The number of esters is 2. The van der Waals surface area contributed by atoms with Gasteiger partial charge in [-0.3, -0.25) is 0 Å². The number of ether oxygens (including phenoxy) is 2. The van der Waals surface area contributed by atoms with E-state index in [0.29, 0.717) is 18.5 Å². The lowest BCUT2D eigenvalue weighted by atomic mass is 10.1. The van der Waals surface area contributed by atoms with Crippen LogP contribution in [0.5, 0.6) is 5.75 Å².